The number of esters is 1. The van der Waals surface area contributed by atoms with Gasteiger partial charge in [-0.1, -0.05) is 6.42 Å². The van der Waals surface area contributed by atoms with Gasteiger partial charge in [-0.05, 0) is 19.3 Å². The quantitative estimate of drug-likeness (QED) is 0.382. The molecule has 0 aliphatic carbocycles. The van der Waals surface area contributed by atoms with E-state index in [0.29, 0.717) is 13.0 Å². The van der Waals surface area contributed by atoms with Gasteiger partial charge in [-0.15, -0.1) is 0 Å². The van der Waals surface area contributed by atoms with E-state index in [1.54, 1.807) is 0 Å². The van der Waals surface area contributed by atoms with E-state index in [0.717, 1.165) is 12.8 Å². The van der Waals surface area contributed by atoms with Crippen molar-refractivity contribution in [2.24, 2.45) is 5.73 Å². The molecule has 0 radical (unpaired) electrons. The maximum atomic E-state index is 11.4. The minimum absolute atomic E-state index is 0.155. The van der Waals surface area contributed by atoms with Gasteiger partial charge in [0.1, 0.15) is 6.04 Å². The number of hydrogen-bond acceptors (Lipinski definition) is 5. The smallest absolute Gasteiger partial charge is 0.322 e. The molecule has 0 spiro atoms. The summed E-state index contributed by atoms with van der Waals surface area (Å²) in [6.45, 7) is 0.506. The molecule has 0 saturated carbocycles. The highest BCUT2D eigenvalue weighted by atomic mass is 16.5. The van der Waals surface area contributed by atoms with Crippen molar-refractivity contribution < 1.29 is 24.2 Å². The molecule has 0 aliphatic rings. The third-order valence-electron chi connectivity index (χ3n) is 2.58. The van der Waals surface area contributed by atoms with Crippen molar-refractivity contribution in [1.29, 1.82) is 0 Å². The van der Waals surface area contributed by atoms with Gasteiger partial charge in [-0.25, -0.2) is 0 Å². The summed E-state index contributed by atoms with van der Waals surface area (Å²) in [5.41, 5.74) is 5.49. The molecule has 1 atom stereocenters. The zero-order valence-corrected chi connectivity index (χ0v) is 11.2. The van der Waals surface area contributed by atoms with E-state index in [2.05, 4.69) is 10.1 Å². The molecule has 0 fully saturated rings. The molecule has 110 valence electrons. The Morgan fingerprint density at radius 1 is 1.21 bits per heavy atom. The topological polar surface area (TPSA) is 119 Å². The highest BCUT2D eigenvalue weighted by Gasteiger charge is 2.14. The standard InChI is InChI=1S/C12H22N2O5/c1-19-12(18)9(13)6-7-10(15)14-8-4-2-3-5-11(16)17/h9H,2-8,13H2,1H3,(H,14,15)(H,16,17)/t9-/m0/s1. The number of hydrogen-bond donors (Lipinski definition) is 3. The average Bonchev–Trinajstić information content (AvgIpc) is 2.38. The second kappa shape index (κ2) is 10.3. The van der Waals surface area contributed by atoms with Gasteiger partial charge >= 0.3 is 11.9 Å². The van der Waals surface area contributed by atoms with Crippen molar-refractivity contribution in [1.82, 2.24) is 5.32 Å². The molecular weight excluding hydrogens is 252 g/mol. The van der Waals surface area contributed by atoms with Crippen LogP contribution in [0.25, 0.3) is 0 Å². The van der Waals surface area contributed by atoms with Crippen LogP contribution in [0.2, 0.25) is 0 Å². The second-order valence-corrected chi connectivity index (χ2v) is 4.22. The lowest BCUT2D eigenvalue weighted by Gasteiger charge is -2.09. The molecule has 7 nitrogen and oxygen atoms in total. The monoisotopic (exact) mass is 274 g/mol. The van der Waals surface area contributed by atoms with Crippen LogP contribution in [0.1, 0.15) is 38.5 Å². The number of rotatable bonds is 10. The zero-order valence-electron chi connectivity index (χ0n) is 11.2. The van der Waals surface area contributed by atoms with Gasteiger partial charge in [0, 0.05) is 19.4 Å². The predicted molar refractivity (Wildman–Crippen MR) is 68.3 cm³/mol. The van der Waals surface area contributed by atoms with Crippen molar-refractivity contribution in [3.05, 3.63) is 0 Å². The molecule has 0 aromatic rings. The first-order chi connectivity index (χ1) is 8.97. The lowest BCUT2D eigenvalue weighted by molar-refractivity contribution is -0.142. The van der Waals surface area contributed by atoms with E-state index in [9.17, 15) is 14.4 Å². The molecule has 1 amide bonds. The van der Waals surface area contributed by atoms with Crippen molar-refractivity contribution in [2.45, 2.75) is 44.6 Å². The van der Waals surface area contributed by atoms with Gasteiger partial charge in [0.25, 0.3) is 0 Å². The van der Waals surface area contributed by atoms with Crippen LogP contribution in [0.3, 0.4) is 0 Å². The van der Waals surface area contributed by atoms with Crippen molar-refractivity contribution >= 4 is 17.8 Å². The molecule has 0 aromatic heterocycles. The van der Waals surface area contributed by atoms with Crippen LogP contribution in [-0.2, 0) is 19.1 Å². The Kier molecular flexibility index (Phi) is 9.42. The summed E-state index contributed by atoms with van der Waals surface area (Å²) in [6, 6.07) is -0.772. The van der Waals surface area contributed by atoms with E-state index in [1.165, 1.54) is 7.11 Å². The second-order valence-electron chi connectivity index (χ2n) is 4.22. The zero-order chi connectivity index (χ0) is 14.7. The number of methoxy groups -OCH3 is 1. The van der Waals surface area contributed by atoms with E-state index < -0.39 is 18.0 Å². The third kappa shape index (κ3) is 10.0. The summed E-state index contributed by atoms with van der Waals surface area (Å²) in [5.74, 6) is -1.50. The largest absolute Gasteiger partial charge is 0.481 e. The molecule has 4 N–H and O–H groups in total. The van der Waals surface area contributed by atoms with Gasteiger partial charge in [-0.3, -0.25) is 14.4 Å². The van der Waals surface area contributed by atoms with Crippen LogP contribution in [0.15, 0.2) is 0 Å². The maximum Gasteiger partial charge on any atom is 0.322 e. The molecule has 0 bridgehead atoms. The summed E-state index contributed by atoms with van der Waals surface area (Å²) < 4.78 is 4.45. The lowest BCUT2D eigenvalue weighted by Crippen LogP contribution is -2.34. The molecule has 0 heterocycles. The Balaban J connectivity index is 3.49. The van der Waals surface area contributed by atoms with Crippen LogP contribution in [0.4, 0.5) is 0 Å². The average molecular weight is 274 g/mol. The number of carboxylic acid groups (broad SMARTS) is 1. The number of nitrogens with one attached hydrogen (secondary N) is 1. The number of carbonyl (C=O) groups is 3. The lowest BCUT2D eigenvalue weighted by atomic mass is 10.1. The molecule has 0 aliphatic heterocycles. The number of carbonyl (C=O) groups excluding carboxylic acids is 2. The molecular formula is C12H22N2O5. The molecule has 19 heavy (non-hydrogen) atoms. The van der Waals surface area contributed by atoms with Crippen LogP contribution >= 0.6 is 0 Å². The molecule has 0 saturated heterocycles. The van der Waals surface area contributed by atoms with E-state index >= 15 is 0 Å². The highest BCUT2D eigenvalue weighted by Crippen LogP contribution is 2.00. The van der Waals surface area contributed by atoms with Gasteiger partial charge in [0.15, 0.2) is 0 Å². The number of aliphatic carboxylic acids is 1. The first kappa shape index (κ1) is 17.4. The van der Waals surface area contributed by atoms with E-state index in [-0.39, 0.29) is 25.2 Å². The summed E-state index contributed by atoms with van der Waals surface area (Å²) >= 11 is 0. The normalized spacial score (nSPS) is 11.7. The first-order valence-electron chi connectivity index (χ1n) is 6.29. The fourth-order valence-electron chi connectivity index (χ4n) is 1.45. The fourth-order valence-corrected chi connectivity index (χ4v) is 1.45. The van der Waals surface area contributed by atoms with Crippen LogP contribution in [0.5, 0.6) is 0 Å². The SMILES string of the molecule is COC(=O)[C@@H](N)CCC(=O)NCCCCCC(=O)O. The number of ether oxygens (including phenoxy) is 1. The van der Waals surface area contributed by atoms with Gasteiger partial charge in [0.2, 0.25) is 5.91 Å². The third-order valence-corrected chi connectivity index (χ3v) is 2.58. The molecule has 0 unspecified atom stereocenters. The summed E-state index contributed by atoms with van der Waals surface area (Å²) in [4.78, 5) is 32.6. The predicted octanol–water partition coefficient (Wildman–Crippen LogP) is 0.0281. The van der Waals surface area contributed by atoms with Gasteiger partial charge in [-0.2, -0.15) is 0 Å². The van der Waals surface area contributed by atoms with Crippen molar-refractivity contribution in [3.8, 4) is 0 Å². The van der Waals surface area contributed by atoms with Crippen LogP contribution in [0, 0.1) is 0 Å². The number of amides is 1. The highest BCUT2D eigenvalue weighted by molar-refractivity contribution is 5.79. The Bertz CT molecular complexity index is 306. The van der Waals surface area contributed by atoms with Crippen molar-refractivity contribution in [3.63, 3.8) is 0 Å². The molecule has 0 rings (SSSR count). The number of carboxylic acids is 1. The maximum absolute atomic E-state index is 11.4. The summed E-state index contributed by atoms with van der Waals surface area (Å²) in [7, 11) is 1.25. The van der Waals surface area contributed by atoms with E-state index in [1.807, 2.05) is 0 Å². The summed E-state index contributed by atoms with van der Waals surface area (Å²) in [6.07, 6.45) is 2.68. The van der Waals surface area contributed by atoms with Crippen LogP contribution in [-0.4, -0.2) is 42.6 Å². The van der Waals surface area contributed by atoms with Gasteiger partial charge in [0.05, 0.1) is 7.11 Å². The van der Waals surface area contributed by atoms with Gasteiger partial charge < -0.3 is 20.9 Å². The Morgan fingerprint density at radius 3 is 2.47 bits per heavy atom. The molecule has 0 aromatic carbocycles. The summed E-state index contributed by atoms with van der Waals surface area (Å²) in [5, 5.41) is 11.1. The first-order valence-corrected chi connectivity index (χ1v) is 6.29. The molecule has 7 heteroatoms. The number of unbranched alkanes of at least 4 members (excludes halogenated alkanes) is 2. The van der Waals surface area contributed by atoms with E-state index in [4.69, 9.17) is 10.8 Å². The minimum Gasteiger partial charge on any atom is -0.481 e. The number of nitrogens with two attached hydrogens (primary N) is 1. The Labute approximate surface area is 112 Å². The van der Waals surface area contributed by atoms with Crippen molar-refractivity contribution in [2.75, 3.05) is 13.7 Å². The minimum atomic E-state index is -0.805. The fraction of sp³-hybridized carbons (Fsp3) is 0.750. The van der Waals surface area contributed by atoms with Crippen LogP contribution < -0.4 is 11.1 Å². The Morgan fingerprint density at radius 2 is 1.89 bits per heavy atom. The Hall–Kier alpha value is -1.63.